The molecule has 0 spiro atoms. The zero-order valence-corrected chi connectivity index (χ0v) is 12.5. The van der Waals surface area contributed by atoms with E-state index < -0.39 is 0 Å². The largest absolute Gasteiger partial charge is 0.370 e. The molecule has 0 aliphatic heterocycles. The molecule has 2 rings (SSSR count). The van der Waals surface area contributed by atoms with Gasteiger partial charge in [0, 0.05) is 18.0 Å². The van der Waals surface area contributed by atoms with Crippen molar-refractivity contribution in [1.29, 1.82) is 0 Å². The van der Waals surface area contributed by atoms with Crippen molar-refractivity contribution in [2.45, 2.75) is 39.5 Å². The third kappa shape index (κ3) is 3.41. The summed E-state index contributed by atoms with van der Waals surface area (Å²) in [5, 5.41) is 3.41. The molecule has 1 aromatic heterocycles. The molecule has 3 nitrogen and oxygen atoms in total. The lowest BCUT2D eigenvalue weighted by Gasteiger charge is -2.18. The highest BCUT2D eigenvalue weighted by molar-refractivity contribution is 9.10. The topological polar surface area (TPSA) is 37.8 Å². The molecule has 1 saturated carbocycles. The van der Waals surface area contributed by atoms with E-state index in [1.807, 2.05) is 6.07 Å². The highest BCUT2D eigenvalue weighted by Crippen LogP contribution is 2.37. The predicted octanol–water partition coefficient (Wildman–Crippen LogP) is 3.60. The quantitative estimate of drug-likeness (QED) is 0.866. The summed E-state index contributed by atoms with van der Waals surface area (Å²) in [6.07, 6.45) is 1.34. The summed E-state index contributed by atoms with van der Waals surface area (Å²) in [4.78, 5) is 9.01. The van der Waals surface area contributed by atoms with Gasteiger partial charge < -0.3 is 5.32 Å². The molecule has 1 heterocycles. The summed E-state index contributed by atoms with van der Waals surface area (Å²) in [5.41, 5.74) is -0.0208. The van der Waals surface area contributed by atoms with Crippen molar-refractivity contribution in [3.05, 3.63) is 16.5 Å². The minimum atomic E-state index is -0.0208. The van der Waals surface area contributed by atoms with E-state index in [1.165, 1.54) is 6.42 Å². The van der Waals surface area contributed by atoms with Gasteiger partial charge in [0.1, 0.15) is 16.2 Å². The molecule has 1 fully saturated rings. The normalized spacial score (nSPS) is 23.6. The molecule has 4 heteroatoms. The van der Waals surface area contributed by atoms with Crippen molar-refractivity contribution in [2.24, 2.45) is 11.8 Å². The zero-order chi connectivity index (χ0) is 12.6. The van der Waals surface area contributed by atoms with Gasteiger partial charge in [0.2, 0.25) is 0 Å². The maximum absolute atomic E-state index is 4.58. The first-order valence-electron chi connectivity index (χ1n) is 6.15. The first kappa shape index (κ1) is 12.8. The van der Waals surface area contributed by atoms with Crippen LogP contribution < -0.4 is 5.32 Å². The Morgan fingerprint density at radius 1 is 1.41 bits per heavy atom. The SMILES string of the molecule is CC1CC1CNc1cc(Br)nc(C(C)(C)C)n1. The van der Waals surface area contributed by atoms with Crippen LogP contribution >= 0.6 is 15.9 Å². The second-order valence-corrected chi connectivity index (χ2v) is 6.82. The molecule has 1 aromatic rings. The Morgan fingerprint density at radius 2 is 2.06 bits per heavy atom. The summed E-state index contributed by atoms with van der Waals surface area (Å²) in [6.45, 7) is 9.70. The minimum Gasteiger partial charge on any atom is -0.370 e. The first-order chi connectivity index (χ1) is 7.86. The van der Waals surface area contributed by atoms with Crippen LogP contribution in [0.15, 0.2) is 10.7 Å². The number of hydrogen-bond donors (Lipinski definition) is 1. The van der Waals surface area contributed by atoms with Gasteiger partial charge in [-0.1, -0.05) is 27.7 Å². The number of rotatable bonds is 3. The monoisotopic (exact) mass is 297 g/mol. The zero-order valence-electron chi connectivity index (χ0n) is 10.9. The summed E-state index contributed by atoms with van der Waals surface area (Å²) in [6, 6.07) is 1.95. The van der Waals surface area contributed by atoms with Gasteiger partial charge >= 0.3 is 0 Å². The smallest absolute Gasteiger partial charge is 0.137 e. The summed E-state index contributed by atoms with van der Waals surface area (Å²) < 4.78 is 0.851. The Hall–Kier alpha value is -0.640. The van der Waals surface area contributed by atoms with Crippen molar-refractivity contribution in [3.8, 4) is 0 Å². The average molecular weight is 298 g/mol. The van der Waals surface area contributed by atoms with Gasteiger partial charge in [-0.2, -0.15) is 0 Å². The van der Waals surface area contributed by atoms with Gasteiger partial charge in [0.15, 0.2) is 0 Å². The van der Waals surface area contributed by atoms with E-state index >= 15 is 0 Å². The molecule has 0 amide bonds. The van der Waals surface area contributed by atoms with Crippen LogP contribution in [0, 0.1) is 11.8 Å². The van der Waals surface area contributed by atoms with Crippen LogP contribution in [0.4, 0.5) is 5.82 Å². The molecular weight excluding hydrogens is 278 g/mol. The highest BCUT2D eigenvalue weighted by Gasteiger charge is 2.32. The van der Waals surface area contributed by atoms with E-state index in [-0.39, 0.29) is 5.41 Å². The second kappa shape index (κ2) is 4.56. The molecule has 17 heavy (non-hydrogen) atoms. The Kier molecular flexibility index (Phi) is 3.43. The van der Waals surface area contributed by atoms with E-state index in [0.29, 0.717) is 0 Å². The van der Waals surface area contributed by atoms with Crippen LogP contribution in [0.3, 0.4) is 0 Å². The molecule has 0 bridgehead atoms. The maximum Gasteiger partial charge on any atom is 0.137 e. The Labute approximate surface area is 112 Å². The number of anilines is 1. The number of nitrogens with one attached hydrogen (secondary N) is 1. The van der Waals surface area contributed by atoms with Crippen LogP contribution in [-0.2, 0) is 5.41 Å². The summed E-state index contributed by atoms with van der Waals surface area (Å²) >= 11 is 3.45. The van der Waals surface area contributed by atoms with E-state index in [4.69, 9.17) is 0 Å². The molecule has 0 saturated heterocycles. The Bertz CT molecular complexity index is 412. The molecule has 0 aromatic carbocycles. The fourth-order valence-corrected chi connectivity index (χ4v) is 2.15. The van der Waals surface area contributed by atoms with Gasteiger partial charge in [-0.05, 0) is 34.2 Å². The summed E-state index contributed by atoms with van der Waals surface area (Å²) in [5.74, 6) is 3.49. The fraction of sp³-hybridized carbons (Fsp3) is 0.692. The minimum absolute atomic E-state index is 0.0208. The average Bonchev–Trinajstić information content (AvgIpc) is 2.90. The third-order valence-corrected chi connectivity index (χ3v) is 3.59. The maximum atomic E-state index is 4.58. The number of halogens is 1. The van der Waals surface area contributed by atoms with Crippen molar-refractivity contribution in [1.82, 2.24) is 9.97 Å². The molecule has 2 unspecified atom stereocenters. The third-order valence-electron chi connectivity index (χ3n) is 3.19. The highest BCUT2D eigenvalue weighted by atomic mass is 79.9. The number of hydrogen-bond acceptors (Lipinski definition) is 3. The summed E-state index contributed by atoms with van der Waals surface area (Å²) in [7, 11) is 0. The standard InChI is InChI=1S/C13H20BrN3/c1-8-5-9(8)7-15-11-6-10(14)16-12(17-11)13(2,3)4/h6,8-9H,5,7H2,1-4H3,(H,15,16,17). The second-order valence-electron chi connectivity index (χ2n) is 6.00. The fourth-order valence-electron chi connectivity index (χ4n) is 1.76. The van der Waals surface area contributed by atoms with Crippen LogP contribution in [-0.4, -0.2) is 16.5 Å². The first-order valence-corrected chi connectivity index (χ1v) is 6.94. The molecule has 1 N–H and O–H groups in total. The van der Waals surface area contributed by atoms with Gasteiger partial charge in [0.25, 0.3) is 0 Å². The van der Waals surface area contributed by atoms with E-state index in [2.05, 4.69) is 58.9 Å². The van der Waals surface area contributed by atoms with E-state index in [9.17, 15) is 0 Å². The molecule has 94 valence electrons. The lowest BCUT2D eigenvalue weighted by atomic mass is 9.96. The van der Waals surface area contributed by atoms with Gasteiger partial charge in [0.05, 0.1) is 0 Å². The van der Waals surface area contributed by atoms with Gasteiger partial charge in [-0.25, -0.2) is 9.97 Å². The van der Waals surface area contributed by atoms with Crippen molar-refractivity contribution in [2.75, 3.05) is 11.9 Å². The van der Waals surface area contributed by atoms with E-state index in [1.54, 1.807) is 0 Å². The predicted molar refractivity (Wildman–Crippen MR) is 74.2 cm³/mol. The lowest BCUT2D eigenvalue weighted by Crippen LogP contribution is -2.18. The van der Waals surface area contributed by atoms with Crippen molar-refractivity contribution in [3.63, 3.8) is 0 Å². The van der Waals surface area contributed by atoms with Crippen LogP contribution in [0.1, 0.15) is 39.9 Å². The van der Waals surface area contributed by atoms with Crippen molar-refractivity contribution < 1.29 is 0 Å². The lowest BCUT2D eigenvalue weighted by molar-refractivity contribution is 0.544. The van der Waals surface area contributed by atoms with E-state index in [0.717, 1.165) is 34.6 Å². The molecule has 0 radical (unpaired) electrons. The molecular formula is C13H20BrN3. The number of nitrogens with zero attached hydrogens (tertiary/aromatic N) is 2. The Morgan fingerprint density at radius 3 is 2.59 bits per heavy atom. The van der Waals surface area contributed by atoms with Gasteiger partial charge in [-0.3, -0.25) is 0 Å². The number of aromatic nitrogens is 2. The molecule has 1 aliphatic carbocycles. The molecule has 2 atom stereocenters. The van der Waals surface area contributed by atoms with Crippen molar-refractivity contribution >= 4 is 21.7 Å². The molecule has 1 aliphatic rings. The van der Waals surface area contributed by atoms with Crippen LogP contribution in [0.2, 0.25) is 0 Å². The van der Waals surface area contributed by atoms with Crippen LogP contribution in [0.5, 0.6) is 0 Å². The Balaban J connectivity index is 2.08. The van der Waals surface area contributed by atoms with Crippen LogP contribution in [0.25, 0.3) is 0 Å². The van der Waals surface area contributed by atoms with Gasteiger partial charge in [-0.15, -0.1) is 0 Å².